The summed E-state index contributed by atoms with van der Waals surface area (Å²) in [5.74, 6) is -0.751. The van der Waals surface area contributed by atoms with Crippen LogP contribution in [0.15, 0.2) is 23.3 Å². The molecular formula is C12H12FN5O4. The highest BCUT2D eigenvalue weighted by Crippen LogP contribution is 2.27. The monoisotopic (exact) mass is 309 g/mol. The fraction of sp³-hybridized carbons (Fsp3) is 0.333. The number of amides is 2. The van der Waals surface area contributed by atoms with Crippen LogP contribution in [0.1, 0.15) is 0 Å². The molecule has 116 valence electrons. The van der Waals surface area contributed by atoms with Crippen molar-refractivity contribution < 1.29 is 23.5 Å². The number of carbonyl (C=O) groups excluding carboxylic acids is 2. The number of cyclic esters (lactones) is 1. The summed E-state index contributed by atoms with van der Waals surface area (Å²) in [6.45, 7) is 0.220. The van der Waals surface area contributed by atoms with Gasteiger partial charge in [-0.2, -0.15) is 0 Å². The van der Waals surface area contributed by atoms with Crippen LogP contribution in [0.25, 0.3) is 10.4 Å². The average molecular weight is 309 g/mol. The number of halogens is 1. The molecule has 1 aliphatic rings. The normalized spacial score (nSPS) is 16.7. The van der Waals surface area contributed by atoms with Gasteiger partial charge in [-0.25, -0.2) is 14.0 Å². The standard InChI is InChI=1S/C12H12FN5O4/c1-21-11(19)15-5-8-6-18(12(20)22-8)7-2-3-10(16-17-14)9(13)4-7/h2-4,8H,5-6H2,1H3,(H,15,19)/t8-/m0/s1. The first-order valence-corrected chi connectivity index (χ1v) is 6.19. The minimum Gasteiger partial charge on any atom is -0.453 e. The maximum absolute atomic E-state index is 13.7. The first-order valence-electron chi connectivity index (χ1n) is 6.19. The van der Waals surface area contributed by atoms with Crippen LogP contribution in [0.4, 0.5) is 25.4 Å². The Morgan fingerprint density at radius 3 is 3.09 bits per heavy atom. The summed E-state index contributed by atoms with van der Waals surface area (Å²) in [6.07, 6.45) is -1.88. The van der Waals surface area contributed by atoms with Gasteiger partial charge in [0, 0.05) is 4.91 Å². The van der Waals surface area contributed by atoms with Crippen molar-refractivity contribution in [3.8, 4) is 0 Å². The number of nitrogens with zero attached hydrogens (tertiary/aromatic N) is 4. The van der Waals surface area contributed by atoms with E-state index in [2.05, 4.69) is 20.1 Å². The third kappa shape index (κ3) is 3.36. The Kier molecular flexibility index (Phi) is 4.64. The zero-order valence-corrected chi connectivity index (χ0v) is 11.5. The number of ether oxygens (including phenoxy) is 2. The van der Waals surface area contributed by atoms with Crippen LogP contribution in [-0.4, -0.2) is 38.5 Å². The lowest BCUT2D eigenvalue weighted by Gasteiger charge is -2.13. The number of azide groups is 1. The Hall–Kier alpha value is -3.00. The van der Waals surface area contributed by atoms with E-state index in [1.54, 1.807) is 0 Å². The Balaban J connectivity index is 2.06. The highest BCUT2D eigenvalue weighted by Gasteiger charge is 2.32. The van der Waals surface area contributed by atoms with Gasteiger partial charge >= 0.3 is 12.2 Å². The molecule has 1 heterocycles. The van der Waals surface area contributed by atoms with E-state index in [0.29, 0.717) is 0 Å². The lowest BCUT2D eigenvalue weighted by molar-refractivity contribution is 0.132. The molecule has 0 aromatic heterocycles. The summed E-state index contributed by atoms with van der Waals surface area (Å²) >= 11 is 0. The highest BCUT2D eigenvalue weighted by molar-refractivity contribution is 5.90. The molecule has 1 aromatic carbocycles. The average Bonchev–Trinajstić information content (AvgIpc) is 2.88. The summed E-state index contributed by atoms with van der Waals surface area (Å²) < 4.78 is 23.2. The highest BCUT2D eigenvalue weighted by atomic mass is 19.1. The molecule has 0 saturated carbocycles. The second-order valence-electron chi connectivity index (χ2n) is 4.31. The molecule has 1 atom stereocenters. The third-order valence-corrected chi connectivity index (χ3v) is 2.93. The lowest BCUT2D eigenvalue weighted by Crippen LogP contribution is -2.34. The fourth-order valence-electron chi connectivity index (χ4n) is 1.90. The fourth-order valence-corrected chi connectivity index (χ4v) is 1.90. The predicted octanol–water partition coefficient (Wildman–Crippen LogP) is 2.45. The SMILES string of the molecule is COC(=O)NC[C@H]1CN(c2ccc(N=[N+]=[N-])c(F)c2)C(=O)O1. The van der Waals surface area contributed by atoms with Gasteiger partial charge in [-0.3, -0.25) is 4.90 Å². The first-order chi connectivity index (χ1) is 10.5. The molecule has 1 saturated heterocycles. The topological polar surface area (TPSA) is 117 Å². The molecule has 2 rings (SSSR count). The summed E-state index contributed by atoms with van der Waals surface area (Å²) in [6, 6.07) is 3.77. The quantitative estimate of drug-likeness (QED) is 0.522. The molecule has 0 bridgehead atoms. The van der Waals surface area contributed by atoms with Gasteiger partial charge in [0.1, 0.15) is 11.9 Å². The summed E-state index contributed by atoms with van der Waals surface area (Å²) in [5.41, 5.74) is 8.39. The molecule has 9 nitrogen and oxygen atoms in total. The summed E-state index contributed by atoms with van der Waals surface area (Å²) in [5, 5.41) is 5.59. The second kappa shape index (κ2) is 6.64. The van der Waals surface area contributed by atoms with E-state index < -0.39 is 24.1 Å². The predicted molar refractivity (Wildman–Crippen MR) is 73.2 cm³/mol. The lowest BCUT2D eigenvalue weighted by atomic mass is 10.2. The molecule has 2 amide bonds. The van der Waals surface area contributed by atoms with E-state index >= 15 is 0 Å². The van der Waals surface area contributed by atoms with E-state index in [9.17, 15) is 14.0 Å². The third-order valence-electron chi connectivity index (χ3n) is 2.93. The number of carbonyl (C=O) groups is 2. The van der Waals surface area contributed by atoms with Crippen molar-refractivity contribution in [1.29, 1.82) is 0 Å². The van der Waals surface area contributed by atoms with E-state index in [1.807, 2.05) is 0 Å². The van der Waals surface area contributed by atoms with Crippen LogP contribution < -0.4 is 10.2 Å². The number of anilines is 1. The minimum atomic E-state index is -0.751. The zero-order valence-electron chi connectivity index (χ0n) is 11.5. The van der Waals surface area contributed by atoms with Crippen LogP contribution >= 0.6 is 0 Å². The van der Waals surface area contributed by atoms with Gasteiger partial charge in [-0.05, 0) is 23.7 Å². The number of alkyl carbamates (subject to hydrolysis) is 1. The van der Waals surface area contributed by atoms with Crippen LogP contribution in [-0.2, 0) is 9.47 Å². The van der Waals surface area contributed by atoms with Crippen LogP contribution in [0.3, 0.4) is 0 Å². The number of hydrogen-bond donors (Lipinski definition) is 1. The molecule has 1 N–H and O–H groups in total. The van der Waals surface area contributed by atoms with Gasteiger partial charge in [0.25, 0.3) is 0 Å². The maximum Gasteiger partial charge on any atom is 0.414 e. The van der Waals surface area contributed by atoms with Crippen molar-refractivity contribution in [1.82, 2.24) is 5.32 Å². The van der Waals surface area contributed by atoms with Crippen molar-refractivity contribution in [3.05, 3.63) is 34.5 Å². The van der Waals surface area contributed by atoms with Gasteiger partial charge < -0.3 is 14.8 Å². The Morgan fingerprint density at radius 1 is 1.68 bits per heavy atom. The van der Waals surface area contributed by atoms with Crippen LogP contribution in [0.5, 0.6) is 0 Å². The number of hydrogen-bond acceptors (Lipinski definition) is 5. The molecule has 10 heteroatoms. The molecule has 0 spiro atoms. The van der Waals surface area contributed by atoms with E-state index in [-0.39, 0.29) is 24.5 Å². The van der Waals surface area contributed by atoms with Crippen LogP contribution in [0, 0.1) is 5.82 Å². The summed E-state index contributed by atoms with van der Waals surface area (Å²) in [4.78, 5) is 26.5. The number of rotatable bonds is 4. The molecule has 1 aliphatic heterocycles. The van der Waals surface area contributed by atoms with Gasteiger partial charge in [-0.1, -0.05) is 5.11 Å². The van der Waals surface area contributed by atoms with Crippen LogP contribution in [0.2, 0.25) is 0 Å². The zero-order chi connectivity index (χ0) is 16.1. The molecule has 0 radical (unpaired) electrons. The van der Waals surface area contributed by atoms with Gasteiger partial charge in [-0.15, -0.1) is 0 Å². The molecule has 1 aromatic rings. The Labute approximate surface area is 124 Å². The molecular weight excluding hydrogens is 297 g/mol. The van der Waals surface area contributed by atoms with Crippen molar-refractivity contribution in [2.24, 2.45) is 5.11 Å². The van der Waals surface area contributed by atoms with E-state index in [0.717, 1.165) is 6.07 Å². The molecule has 0 aliphatic carbocycles. The van der Waals surface area contributed by atoms with Crippen molar-refractivity contribution in [3.63, 3.8) is 0 Å². The smallest absolute Gasteiger partial charge is 0.414 e. The minimum absolute atomic E-state index is 0.0776. The number of benzene rings is 1. The Morgan fingerprint density at radius 2 is 2.45 bits per heavy atom. The molecule has 0 unspecified atom stereocenters. The van der Waals surface area contributed by atoms with Crippen molar-refractivity contribution in [2.75, 3.05) is 25.1 Å². The summed E-state index contributed by atoms with van der Waals surface area (Å²) in [7, 11) is 1.22. The van der Waals surface area contributed by atoms with Gasteiger partial charge in [0.05, 0.1) is 31.6 Å². The molecule has 1 fully saturated rings. The molecule has 22 heavy (non-hydrogen) atoms. The van der Waals surface area contributed by atoms with Crippen molar-refractivity contribution in [2.45, 2.75) is 6.10 Å². The number of methoxy groups -OCH3 is 1. The maximum atomic E-state index is 13.7. The second-order valence-corrected chi connectivity index (χ2v) is 4.31. The van der Waals surface area contributed by atoms with E-state index in [4.69, 9.17) is 10.3 Å². The first kappa shape index (κ1) is 15.4. The van der Waals surface area contributed by atoms with Gasteiger partial charge in [0.15, 0.2) is 0 Å². The van der Waals surface area contributed by atoms with Crippen molar-refractivity contribution >= 4 is 23.6 Å². The largest absolute Gasteiger partial charge is 0.453 e. The Bertz CT molecular complexity index is 646. The van der Waals surface area contributed by atoms with Gasteiger partial charge in [0.2, 0.25) is 0 Å². The number of nitrogens with one attached hydrogen (secondary N) is 1. The van der Waals surface area contributed by atoms with E-state index in [1.165, 1.54) is 24.1 Å².